The molecule has 0 aliphatic heterocycles. The maximum atomic E-state index is 9.51. The Morgan fingerprint density at radius 1 is 1.86 bits per heavy atom. The van der Waals surface area contributed by atoms with Crippen LogP contribution in [0, 0.1) is 0 Å². The van der Waals surface area contributed by atoms with Gasteiger partial charge < -0.3 is 0 Å². The Morgan fingerprint density at radius 2 is 2.43 bits per heavy atom. The molecular weight excluding hydrogens is 122 g/mol. The molecule has 0 amide bonds. The van der Waals surface area contributed by atoms with Crippen LogP contribution in [0.15, 0.2) is 0 Å². The highest BCUT2D eigenvalue weighted by atomic mass is 32.2. The van der Waals surface area contributed by atoms with Crippen molar-refractivity contribution in [1.29, 1.82) is 0 Å². The molecule has 1 atom stereocenters. The predicted molar refractivity (Wildman–Crippen MR) is 22.0 cm³/mol. The van der Waals surface area contributed by atoms with Gasteiger partial charge in [-0.05, 0) is 0 Å². The maximum Gasteiger partial charge on any atom is 0.304 e. The van der Waals surface area contributed by atoms with Crippen LogP contribution >= 0.6 is 0 Å². The van der Waals surface area contributed by atoms with Crippen LogP contribution in [-0.4, -0.2) is 15.6 Å². The summed E-state index contributed by atoms with van der Waals surface area (Å²) in [7, 11) is 0. The Balaban J connectivity index is 2.82. The highest BCUT2D eigenvalue weighted by molar-refractivity contribution is 7.74. The fraction of sp³-hybridized carbons (Fsp3) is 1.00. The number of rotatable bonds is 3. The van der Waals surface area contributed by atoms with E-state index >= 15 is 0 Å². The Hall–Kier alpha value is -0.0100. The monoisotopic (exact) mass is 127 g/mol. The summed E-state index contributed by atoms with van der Waals surface area (Å²) >= 11 is -2.27. The summed E-state index contributed by atoms with van der Waals surface area (Å²) < 4.78 is 21.2. The molecule has 5 nitrogen and oxygen atoms in total. The lowest BCUT2D eigenvalue weighted by Crippen LogP contribution is -2.05. The van der Waals surface area contributed by atoms with E-state index in [9.17, 15) is 4.21 Å². The van der Waals surface area contributed by atoms with Crippen molar-refractivity contribution in [2.75, 3.05) is 6.79 Å². The third-order valence-electron chi connectivity index (χ3n) is 0.217. The van der Waals surface area contributed by atoms with E-state index in [1.54, 1.807) is 0 Å². The fourth-order valence-corrected chi connectivity index (χ4v) is 0.207. The first-order chi connectivity index (χ1) is 3.27. The van der Waals surface area contributed by atoms with Gasteiger partial charge in [0.05, 0.1) is 0 Å². The van der Waals surface area contributed by atoms with E-state index in [0.717, 1.165) is 0 Å². The topological polar surface area (TPSA) is 81.8 Å². The first-order valence-electron chi connectivity index (χ1n) is 1.33. The van der Waals surface area contributed by atoms with Gasteiger partial charge in [-0.15, -0.1) is 0 Å². The third kappa shape index (κ3) is 5.99. The molecule has 3 N–H and O–H groups in total. The SMILES string of the molecule is NOCOS(=O)O. The lowest BCUT2D eigenvalue weighted by molar-refractivity contribution is 0.0177. The number of hydrogen-bond donors (Lipinski definition) is 2. The van der Waals surface area contributed by atoms with Crippen molar-refractivity contribution in [2.45, 2.75) is 0 Å². The quantitative estimate of drug-likeness (QED) is 0.288. The molecule has 0 saturated carbocycles. The van der Waals surface area contributed by atoms with Crippen molar-refractivity contribution in [3.05, 3.63) is 0 Å². The molecule has 0 aromatic rings. The van der Waals surface area contributed by atoms with Crippen molar-refractivity contribution >= 4 is 11.4 Å². The summed E-state index contributed by atoms with van der Waals surface area (Å²) in [5.74, 6) is 4.41. The van der Waals surface area contributed by atoms with Crippen molar-refractivity contribution in [1.82, 2.24) is 0 Å². The normalized spacial score (nSPS) is 14.0. The van der Waals surface area contributed by atoms with E-state index in [1.807, 2.05) is 0 Å². The molecule has 6 heteroatoms. The predicted octanol–water partition coefficient (Wildman–Crippen LogP) is -1.01. The Kier molecular flexibility index (Phi) is 4.15. The van der Waals surface area contributed by atoms with Crippen molar-refractivity contribution in [2.24, 2.45) is 5.90 Å². The fourth-order valence-electron chi connectivity index (χ4n) is 0.0689. The van der Waals surface area contributed by atoms with E-state index in [2.05, 4.69) is 14.9 Å². The van der Waals surface area contributed by atoms with Crippen LogP contribution in [-0.2, 0) is 20.4 Å². The molecule has 0 aliphatic carbocycles. The average Bonchev–Trinajstić information content (AvgIpc) is 1.61. The molecule has 0 bridgehead atoms. The van der Waals surface area contributed by atoms with Gasteiger partial charge in [0.15, 0.2) is 6.79 Å². The van der Waals surface area contributed by atoms with Crippen molar-refractivity contribution in [3.8, 4) is 0 Å². The van der Waals surface area contributed by atoms with Gasteiger partial charge in [-0.2, -0.15) is 4.21 Å². The van der Waals surface area contributed by atoms with Gasteiger partial charge in [0, 0.05) is 0 Å². The van der Waals surface area contributed by atoms with Crippen LogP contribution in [0.25, 0.3) is 0 Å². The molecule has 1 unspecified atom stereocenters. The zero-order chi connectivity index (χ0) is 5.70. The van der Waals surface area contributed by atoms with Crippen molar-refractivity contribution in [3.63, 3.8) is 0 Å². The molecule has 0 aromatic heterocycles. The molecule has 0 radical (unpaired) electrons. The smallest absolute Gasteiger partial charge is 0.284 e. The molecular formula is CH5NO4S. The third-order valence-corrected chi connectivity index (χ3v) is 0.515. The van der Waals surface area contributed by atoms with Gasteiger partial charge in [-0.3, -0.25) is 9.39 Å². The van der Waals surface area contributed by atoms with Gasteiger partial charge in [-0.1, -0.05) is 0 Å². The molecule has 0 saturated heterocycles. The lowest BCUT2D eigenvalue weighted by Gasteiger charge is -1.90. The van der Waals surface area contributed by atoms with E-state index < -0.39 is 11.4 Å². The van der Waals surface area contributed by atoms with Gasteiger partial charge in [0.2, 0.25) is 0 Å². The summed E-state index contributed by atoms with van der Waals surface area (Å²) in [6, 6.07) is 0. The van der Waals surface area contributed by atoms with Crippen LogP contribution in [0.4, 0.5) is 0 Å². The number of hydrogen-bond acceptors (Lipinski definition) is 4. The summed E-state index contributed by atoms with van der Waals surface area (Å²) in [6.07, 6.45) is 0. The van der Waals surface area contributed by atoms with Crippen LogP contribution in [0.5, 0.6) is 0 Å². The molecule has 0 aromatic carbocycles. The van der Waals surface area contributed by atoms with Crippen LogP contribution in [0.1, 0.15) is 0 Å². The maximum absolute atomic E-state index is 9.51. The van der Waals surface area contributed by atoms with Gasteiger partial charge in [0.25, 0.3) is 0 Å². The first kappa shape index (κ1) is 6.99. The van der Waals surface area contributed by atoms with Gasteiger partial charge >= 0.3 is 11.4 Å². The van der Waals surface area contributed by atoms with E-state index in [1.165, 1.54) is 0 Å². The molecule has 44 valence electrons. The largest absolute Gasteiger partial charge is 0.304 e. The van der Waals surface area contributed by atoms with Crippen molar-refractivity contribution < 1.29 is 17.8 Å². The minimum absolute atomic E-state index is 0.372. The van der Waals surface area contributed by atoms with Crippen LogP contribution < -0.4 is 5.90 Å². The standard InChI is InChI=1S/CH5NO4S/c2-5-1-6-7(3)4/h1-2H2,(H,3,4). The van der Waals surface area contributed by atoms with Gasteiger partial charge in [-0.25, -0.2) is 10.1 Å². The second-order valence-electron chi connectivity index (χ2n) is 0.619. The summed E-state index contributed by atoms with van der Waals surface area (Å²) in [5.41, 5.74) is 0. The van der Waals surface area contributed by atoms with E-state index in [0.29, 0.717) is 0 Å². The second-order valence-corrected chi connectivity index (χ2v) is 1.29. The minimum atomic E-state index is -2.27. The lowest BCUT2D eigenvalue weighted by atomic mass is 11.5. The molecule has 0 spiro atoms. The Labute approximate surface area is 42.8 Å². The zero-order valence-electron chi connectivity index (χ0n) is 3.36. The minimum Gasteiger partial charge on any atom is -0.284 e. The van der Waals surface area contributed by atoms with Crippen LogP contribution in [0.3, 0.4) is 0 Å². The molecule has 7 heavy (non-hydrogen) atoms. The molecule has 0 fully saturated rings. The summed E-state index contributed by atoms with van der Waals surface area (Å²) in [6.45, 7) is -0.372. The summed E-state index contributed by atoms with van der Waals surface area (Å²) in [5, 5.41) is 0. The first-order valence-corrected chi connectivity index (χ1v) is 2.36. The Bertz CT molecular complexity index is 64.7. The van der Waals surface area contributed by atoms with E-state index in [4.69, 9.17) is 4.55 Å². The highest BCUT2D eigenvalue weighted by Crippen LogP contribution is 1.74. The average molecular weight is 127 g/mol. The molecule has 0 rings (SSSR count). The summed E-state index contributed by atoms with van der Waals surface area (Å²) in [4.78, 5) is 3.78. The highest BCUT2D eigenvalue weighted by Gasteiger charge is 1.87. The number of nitrogens with two attached hydrogens (primary N) is 1. The zero-order valence-corrected chi connectivity index (χ0v) is 4.18. The second kappa shape index (κ2) is 4.16. The van der Waals surface area contributed by atoms with E-state index in [-0.39, 0.29) is 6.79 Å². The Morgan fingerprint density at radius 3 is 2.57 bits per heavy atom. The van der Waals surface area contributed by atoms with Gasteiger partial charge in [0.1, 0.15) is 0 Å². The molecule has 0 aliphatic rings. The van der Waals surface area contributed by atoms with Crippen LogP contribution in [0.2, 0.25) is 0 Å². The molecule has 0 heterocycles.